The summed E-state index contributed by atoms with van der Waals surface area (Å²) >= 11 is 0. The Kier molecular flexibility index (Phi) is 7.05. The molecule has 0 radical (unpaired) electrons. The summed E-state index contributed by atoms with van der Waals surface area (Å²) in [6, 6.07) is 41.4. The minimum Gasteiger partial charge on any atom is -0.399 e. The van der Waals surface area contributed by atoms with Crippen LogP contribution in [0.5, 0.6) is 0 Å². The molecule has 4 nitrogen and oxygen atoms in total. The minimum absolute atomic E-state index is 0.429. The second-order valence-electron chi connectivity index (χ2n) is 13.5. The standard InChI is InChI=1S/C42H35BN2O2/c1-41(2)42(3,4)47-43(46-41)40-24-36(30-9-5-28(6-10-30)34-15-13-32-17-19-44-26-38(32)21-34)23-37(25-40)31-11-7-29(8-12-31)35-16-14-33-18-20-45-27-39(33)22-35/h5-27H,1-4H3. The molecule has 1 aliphatic rings. The van der Waals surface area contributed by atoms with Crippen LogP contribution in [0.3, 0.4) is 0 Å². The van der Waals surface area contributed by atoms with E-state index in [2.05, 4.69) is 141 Å². The van der Waals surface area contributed by atoms with Crippen LogP contribution in [0.25, 0.3) is 66.1 Å². The number of pyridine rings is 2. The third-order valence-electron chi connectivity index (χ3n) is 9.87. The predicted molar refractivity (Wildman–Crippen MR) is 195 cm³/mol. The third-order valence-corrected chi connectivity index (χ3v) is 9.87. The highest BCUT2D eigenvalue weighted by atomic mass is 16.7. The van der Waals surface area contributed by atoms with Gasteiger partial charge < -0.3 is 9.31 Å². The molecule has 7 aromatic rings. The van der Waals surface area contributed by atoms with Gasteiger partial charge in [0.15, 0.2) is 0 Å². The maximum atomic E-state index is 6.52. The van der Waals surface area contributed by atoms with Crippen LogP contribution in [-0.4, -0.2) is 28.3 Å². The summed E-state index contributed by atoms with van der Waals surface area (Å²) in [6.45, 7) is 8.39. The van der Waals surface area contributed by atoms with Gasteiger partial charge in [0.05, 0.1) is 11.2 Å². The molecular weight excluding hydrogens is 575 g/mol. The zero-order valence-corrected chi connectivity index (χ0v) is 27.1. The van der Waals surface area contributed by atoms with Gasteiger partial charge in [0.2, 0.25) is 0 Å². The first-order valence-corrected chi connectivity index (χ1v) is 16.1. The van der Waals surface area contributed by atoms with Gasteiger partial charge in [-0.3, -0.25) is 9.97 Å². The van der Waals surface area contributed by atoms with Gasteiger partial charge in [-0.2, -0.15) is 0 Å². The van der Waals surface area contributed by atoms with E-state index in [0.29, 0.717) is 0 Å². The van der Waals surface area contributed by atoms with E-state index in [0.717, 1.165) is 38.5 Å². The van der Waals surface area contributed by atoms with E-state index >= 15 is 0 Å². The summed E-state index contributed by atoms with van der Waals surface area (Å²) in [4.78, 5) is 8.60. The van der Waals surface area contributed by atoms with Crippen molar-refractivity contribution in [1.82, 2.24) is 9.97 Å². The summed E-state index contributed by atoms with van der Waals surface area (Å²) in [5, 5.41) is 4.65. The van der Waals surface area contributed by atoms with Crippen molar-refractivity contribution in [2.45, 2.75) is 38.9 Å². The van der Waals surface area contributed by atoms with Crippen molar-refractivity contribution in [3.63, 3.8) is 0 Å². The number of hydrogen-bond acceptors (Lipinski definition) is 4. The Balaban J connectivity index is 1.16. The Morgan fingerprint density at radius 3 is 1.21 bits per heavy atom. The highest BCUT2D eigenvalue weighted by Gasteiger charge is 2.51. The topological polar surface area (TPSA) is 44.2 Å². The summed E-state index contributed by atoms with van der Waals surface area (Å²) in [7, 11) is -0.463. The van der Waals surface area contributed by atoms with E-state index in [1.807, 2.05) is 36.9 Å². The van der Waals surface area contributed by atoms with Crippen LogP contribution in [0, 0.1) is 0 Å². The average Bonchev–Trinajstić information content (AvgIpc) is 3.33. The molecule has 0 unspecified atom stereocenters. The van der Waals surface area contributed by atoms with Gasteiger partial charge in [-0.1, -0.05) is 84.9 Å². The fourth-order valence-electron chi connectivity index (χ4n) is 6.34. The van der Waals surface area contributed by atoms with Gasteiger partial charge in [0.25, 0.3) is 0 Å². The molecule has 0 aliphatic carbocycles. The SMILES string of the molecule is CC1(C)OB(c2cc(-c3ccc(-c4ccc5ccncc5c4)cc3)cc(-c3ccc(-c4ccc5ccncc5c4)cc3)c2)OC1(C)C. The van der Waals surface area contributed by atoms with Gasteiger partial charge in [0.1, 0.15) is 0 Å². The van der Waals surface area contributed by atoms with Crippen LogP contribution in [0.1, 0.15) is 27.7 Å². The fourth-order valence-corrected chi connectivity index (χ4v) is 6.34. The fraction of sp³-hybridized carbons (Fsp3) is 0.143. The van der Waals surface area contributed by atoms with Crippen molar-refractivity contribution >= 4 is 34.1 Å². The highest BCUT2D eigenvalue weighted by Crippen LogP contribution is 2.38. The number of nitrogens with zero attached hydrogens (tertiary/aromatic N) is 2. The molecule has 8 rings (SSSR count). The molecule has 1 aliphatic heterocycles. The van der Waals surface area contributed by atoms with E-state index in [4.69, 9.17) is 9.31 Å². The summed E-state index contributed by atoms with van der Waals surface area (Å²) in [5.74, 6) is 0. The first kappa shape index (κ1) is 29.3. The Labute approximate surface area is 276 Å². The van der Waals surface area contributed by atoms with Gasteiger partial charge in [-0.15, -0.1) is 0 Å². The van der Waals surface area contributed by atoms with Crippen molar-refractivity contribution in [1.29, 1.82) is 0 Å². The maximum Gasteiger partial charge on any atom is 0.494 e. The Hall–Kier alpha value is -5.10. The van der Waals surface area contributed by atoms with Gasteiger partial charge in [-0.05, 0) is 119 Å². The summed E-state index contributed by atoms with van der Waals surface area (Å²) < 4.78 is 13.0. The first-order chi connectivity index (χ1) is 22.7. The van der Waals surface area contributed by atoms with Crippen molar-refractivity contribution in [2.75, 3.05) is 0 Å². The van der Waals surface area contributed by atoms with Crippen LogP contribution < -0.4 is 5.46 Å². The molecule has 0 spiro atoms. The molecule has 0 amide bonds. The molecule has 1 fully saturated rings. The summed E-state index contributed by atoms with van der Waals surface area (Å²) in [5.41, 5.74) is 9.34. The lowest BCUT2D eigenvalue weighted by Gasteiger charge is -2.32. The number of rotatable bonds is 5. The molecule has 3 heterocycles. The van der Waals surface area contributed by atoms with E-state index in [1.54, 1.807) is 0 Å². The lowest BCUT2D eigenvalue weighted by Crippen LogP contribution is -2.41. The van der Waals surface area contributed by atoms with Crippen molar-refractivity contribution in [3.05, 3.63) is 140 Å². The number of aromatic nitrogens is 2. The first-order valence-electron chi connectivity index (χ1n) is 16.1. The number of fused-ring (bicyclic) bond motifs is 2. The third kappa shape index (κ3) is 5.52. The molecule has 0 saturated carbocycles. The van der Waals surface area contributed by atoms with Crippen LogP contribution in [-0.2, 0) is 9.31 Å². The highest BCUT2D eigenvalue weighted by molar-refractivity contribution is 6.62. The Bertz CT molecular complexity index is 2100. The second kappa shape index (κ2) is 11.3. The van der Waals surface area contributed by atoms with Crippen molar-refractivity contribution < 1.29 is 9.31 Å². The second-order valence-corrected chi connectivity index (χ2v) is 13.5. The van der Waals surface area contributed by atoms with Crippen molar-refractivity contribution in [3.8, 4) is 44.5 Å². The molecule has 0 bridgehead atoms. The average molecular weight is 611 g/mol. The molecule has 5 heteroatoms. The van der Waals surface area contributed by atoms with Gasteiger partial charge >= 0.3 is 7.12 Å². The van der Waals surface area contributed by atoms with Crippen LogP contribution in [0.15, 0.2) is 140 Å². The lowest BCUT2D eigenvalue weighted by atomic mass is 9.76. The molecule has 1 saturated heterocycles. The lowest BCUT2D eigenvalue weighted by molar-refractivity contribution is 0.00578. The maximum absolute atomic E-state index is 6.52. The van der Waals surface area contributed by atoms with E-state index in [-0.39, 0.29) is 0 Å². The molecule has 2 aromatic heterocycles. The smallest absolute Gasteiger partial charge is 0.399 e. The molecular formula is C42H35BN2O2. The van der Waals surface area contributed by atoms with Gasteiger partial charge in [0, 0.05) is 35.6 Å². The number of hydrogen-bond donors (Lipinski definition) is 0. The minimum atomic E-state index is -0.463. The van der Waals surface area contributed by atoms with E-state index in [9.17, 15) is 0 Å². The molecule has 228 valence electrons. The monoisotopic (exact) mass is 610 g/mol. The molecule has 47 heavy (non-hydrogen) atoms. The molecule has 0 atom stereocenters. The van der Waals surface area contributed by atoms with E-state index in [1.165, 1.54) is 33.0 Å². The quantitative estimate of drug-likeness (QED) is 0.182. The predicted octanol–water partition coefficient (Wildman–Crippen LogP) is 9.75. The molecule has 0 N–H and O–H groups in total. The largest absolute Gasteiger partial charge is 0.494 e. The van der Waals surface area contributed by atoms with Crippen LogP contribution in [0.2, 0.25) is 0 Å². The van der Waals surface area contributed by atoms with Crippen LogP contribution >= 0.6 is 0 Å². The van der Waals surface area contributed by atoms with Crippen molar-refractivity contribution in [2.24, 2.45) is 0 Å². The van der Waals surface area contributed by atoms with E-state index < -0.39 is 18.3 Å². The number of benzene rings is 5. The molecule has 5 aromatic carbocycles. The van der Waals surface area contributed by atoms with Gasteiger partial charge in [-0.25, -0.2) is 0 Å². The zero-order valence-electron chi connectivity index (χ0n) is 27.1. The Morgan fingerprint density at radius 2 is 0.787 bits per heavy atom. The zero-order chi connectivity index (χ0) is 32.2. The summed E-state index contributed by atoms with van der Waals surface area (Å²) in [6.07, 6.45) is 7.50. The normalized spacial score (nSPS) is 15.4. The van der Waals surface area contributed by atoms with Crippen LogP contribution in [0.4, 0.5) is 0 Å². The Morgan fingerprint density at radius 1 is 0.404 bits per heavy atom.